The lowest BCUT2D eigenvalue weighted by Gasteiger charge is -2.42. The molecule has 8 rings (SSSR count). The van der Waals surface area contributed by atoms with Crippen molar-refractivity contribution < 1.29 is 18.3 Å². The van der Waals surface area contributed by atoms with Crippen molar-refractivity contribution in [2.45, 2.75) is 44.0 Å². The highest BCUT2D eigenvalue weighted by Gasteiger charge is 2.74. The van der Waals surface area contributed by atoms with Crippen molar-refractivity contribution in [2.75, 3.05) is 43.4 Å². The van der Waals surface area contributed by atoms with Gasteiger partial charge in [-0.3, -0.25) is 4.79 Å². The van der Waals surface area contributed by atoms with Gasteiger partial charge in [-0.2, -0.15) is 18.2 Å². The number of pyridine rings is 1. The lowest BCUT2D eigenvalue weighted by atomic mass is 9.71. The van der Waals surface area contributed by atoms with Crippen molar-refractivity contribution in [1.29, 1.82) is 0 Å². The van der Waals surface area contributed by atoms with E-state index in [-0.39, 0.29) is 48.6 Å². The molecule has 240 valence electrons. The van der Waals surface area contributed by atoms with E-state index in [1.165, 1.54) is 21.6 Å². The lowest BCUT2D eigenvalue weighted by molar-refractivity contribution is -0.298. The van der Waals surface area contributed by atoms with E-state index in [0.29, 0.717) is 23.8 Å². The molecule has 4 aliphatic rings. The molecule has 1 saturated carbocycles. The van der Waals surface area contributed by atoms with Crippen LogP contribution >= 0.6 is 0 Å². The summed E-state index contributed by atoms with van der Waals surface area (Å²) in [5, 5.41) is 14.7. The van der Waals surface area contributed by atoms with Crippen LogP contribution in [0.4, 0.5) is 30.5 Å². The minimum atomic E-state index is -4.91. The third-order valence-electron chi connectivity index (χ3n) is 10.6. The third kappa shape index (κ3) is 4.31. The molecule has 3 atom stereocenters. The predicted octanol–water partition coefficient (Wildman–Crippen LogP) is 4.38. The van der Waals surface area contributed by atoms with Crippen LogP contribution in [-0.4, -0.2) is 73.7 Å². The van der Waals surface area contributed by atoms with Crippen LogP contribution in [0.5, 0.6) is 0 Å². The second-order valence-electron chi connectivity index (χ2n) is 13.4. The van der Waals surface area contributed by atoms with E-state index >= 15 is 0 Å². The number of nitrogens with zero attached hydrogens (tertiary/aromatic N) is 7. The molecule has 2 aliphatic heterocycles. The van der Waals surface area contributed by atoms with Crippen molar-refractivity contribution in [3.8, 4) is 5.82 Å². The molecule has 0 amide bonds. The molecule has 3 aromatic heterocycles. The first-order valence-electron chi connectivity index (χ1n) is 15.7. The topological polar surface area (TPSA) is 104 Å². The fourth-order valence-electron chi connectivity index (χ4n) is 8.05. The van der Waals surface area contributed by atoms with Crippen LogP contribution in [0.25, 0.3) is 16.9 Å². The van der Waals surface area contributed by atoms with Gasteiger partial charge in [-0.1, -0.05) is 12.1 Å². The van der Waals surface area contributed by atoms with E-state index < -0.39 is 28.4 Å². The van der Waals surface area contributed by atoms with Gasteiger partial charge in [0.1, 0.15) is 5.39 Å². The highest BCUT2D eigenvalue weighted by molar-refractivity contribution is 5.77. The summed E-state index contributed by atoms with van der Waals surface area (Å²) in [5.41, 5.74) is -2.76. The fraction of sp³-hybridized carbons (Fsp3) is 0.455. The zero-order valence-electron chi connectivity index (χ0n) is 25.5. The van der Waals surface area contributed by atoms with Crippen molar-refractivity contribution in [1.82, 2.24) is 29.2 Å². The summed E-state index contributed by atoms with van der Waals surface area (Å²) in [6, 6.07) is 11.2. The molecular weight excluding hydrogens is 597 g/mol. The van der Waals surface area contributed by atoms with Gasteiger partial charge >= 0.3 is 6.18 Å². The van der Waals surface area contributed by atoms with Gasteiger partial charge in [-0.25, -0.2) is 19.3 Å². The Balaban J connectivity index is 1.14. The molecule has 1 aromatic carbocycles. The molecular formula is C33H35F3N8O2. The number of benzene rings is 1. The summed E-state index contributed by atoms with van der Waals surface area (Å²) in [6.45, 7) is 8.14. The number of nitrogens with one attached hydrogen (secondary N) is 1. The van der Waals surface area contributed by atoms with Gasteiger partial charge in [0.05, 0.1) is 12.2 Å². The fourth-order valence-corrected chi connectivity index (χ4v) is 8.05. The summed E-state index contributed by atoms with van der Waals surface area (Å²) >= 11 is 0. The maximum Gasteiger partial charge on any atom is 0.423 e. The van der Waals surface area contributed by atoms with E-state index in [2.05, 4.69) is 55.8 Å². The Morgan fingerprint density at radius 3 is 2.41 bits per heavy atom. The van der Waals surface area contributed by atoms with Crippen LogP contribution in [0, 0.1) is 17.3 Å². The number of aliphatic hydroxyl groups is 1. The summed E-state index contributed by atoms with van der Waals surface area (Å²) in [6.07, 6.45) is -0.808. The van der Waals surface area contributed by atoms with E-state index in [0.717, 1.165) is 37.6 Å². The standard InChI is InChI=1S/C33H35F3N8O2/c1-3-14-43-29(45)25-15-37-30(38-23-5-7-24(8-6-23)42-18-21-16-41(2)17-22(21)19-42)40-28(25)44(43)26-9-4-20-10-11-31(12-13-31)32(46,27(20)39-26)33(34,35)36/h3-9,15,21-22,46H,1,10-14,16-19H2,2H3,(H,37,38,40)/t21-,22+,32-/m1/s1. The number of likely N-dealkylation sites (tertiary alicyclic amines) is 1. The van der Waals surface area contributed by atoms with Crippen LogP contribution in [0.15, 0.2) is 60.0 Å². The molecule has 10 nitrogen and oxygen atoms in total. The summed E-state index contributed by atoms with van der Waals surface area (Å²) in [7, 11) is 2.18. The van der Waals surface area contributed by atoms with Crippen LogP contribution in [0.1, 0.15) is 30.5 Å². The number of hydrogen-bond donors (Lipinski definition) is 2. The molecule has 0 unspecified atom stereocenters. The number of aryl methyl sites for hydroxylation is 1. The molecule has 3 fully saturated rings. The molecule has 0 radical (unpaired) electrons. The smallest absolute Gasteiger partial charge is 0.375 e. The second-order valence-corrected chi connectivity index (χ2v) is 13.4. The first-order chi connectivity index (χ1) is 22.0. The van der Waals surface area contributed by atoms with E-state index in [1.54, 1.807) is 12.1 Å². The average molecular weight is 633 g/mol. The second kappa shape index (κ2) is 10.1. The monoisotopic (exact) mass is 632 g/mol. The SMILES string of the molecule is C=CCn1c(=O)c2cnc(Nc3ccc(N4C[C@H]5CN(C)C[C@H]5C4)cc3)nc2n1-c1ccc2c(n1)[C@](O)(C(F)(F)F)C1(CC2)CC1. The van der Waals surface area contributed by atoms with Crippen LogP contribution in [0.3, 0.4) is 0 Å². The Morgan fingerprint density at radius 2 is 1.76 bits per heavy atom. The van der Waals surface area contributed by atoms with Gasteiger partial charge in [0.25, 0.3) is 5.56 Å². The molecule has 1 spiro atoms. The normalized spacial score (nSPS) is 25.2. The Morgan fingerprint density at radius 1 is 1.04 bits per heavy atom. The maximum absolute atomic E-state index is 14.6. The third-order valence-corrected chi connectivity index (χ3v) is 10.6. The molecule has 4 aromatic rings. The van der Waals surface area contributed by atoms with Crippen molar-refractivity contribution in [3.63, 3.8) is 0 Å². The number of allylic oxidation sites excluding steroid dienone is 1. The van der Waals surface area contributed by atoms with Gasteiger partial charge in [0.15, 0.2) is 11.5 Å². The van der Waals surface area contributed by atoms with Gasteiger partial charge in [0, 0.05) is 49.2 Å². The largest absolute Gasteiger partial charge is 0.423 e. The van der Waals surface area contributed by atoms with E-state index in [4.69, 9.17) is 0 Å². The lowest BCUT2D eigenvalue weighted by Crippen LogP contribution is -2.53. The first-order valence-corrected chi connectivity index (χ1v) is 15.7. The first kappa shape index (κ1) is 29.2. The Kier molecular flexibility index (Phi) is 6.43. The highest BCUT2D eigenvalue weighted by atomic mass is 19.4. The number of rotatable bonds is 6. The molecule has 0 bridgehead atoms. The maximum atomic E-state index is 14.6. The quantitative estimate of drug-likeness (QED) is 0.302. The van der Waals surface area contributed by atoms with Gasteiger partial charge in [-0.15, -0.1) is 6.58 Å². The minimum absolute atomic E-state index is 0.0450. The number of aromatic nitrogens is 5. The number of anilines is 3. The average Bonchev–Trinajstić information content (AvgIpc) is 3.48. The Labute approximate surface area is 263 Å². The van der Waals surface area contributed by atoms with Gasteiger partial charge in [-0.05, 0) is 80.5 Å². The molecule has 2 aliphatic carbocycles. The predicted molar refractivity (Wildman–Crippen MR) is 167 cm³/mol. The van der Waals surface area contributed by atoms with Crippen LogP contribution in [0.2, 0.25) is 0 Å². The van der Waals surface area contributed by atoms with Crippen molar-refractivity contribution in [2.24, 2.45) is 17.3 Å². The summed E-state index contributed by atoms with van der Waals surface area (Å²) in [5.74, 6) is 1.64. The van der Waals surface area contributed by atoms with Crippen molar-refractivity contribution in [3.05, 3.63) is 76.9 Å². The van der Waals surface area contributed by atoms with Gasteiger partial charge < -0.3 is 20.2 Å². The van der Waals surface area contributed by atoms with Crippen molar-refractivity contribution >= 4 is 28.4 Å². The van der Waals surface area contributed by atoms with E-state index in [1.807, 2.05) is 12.1 Å². The Bertz CT molecular complexity index is 1900. The number of halogens is 3. The zero-order chi connectivity index (χ0) is 32.0. The number of alkyl halides is 3. The summed E-state index contributed by atoms with van der Waals surface area (Å²) in [4.78, 5) is 31.7. The molecule has 2 saturated heterocycles. The molecule has 13 heteroatoms. The number of fused-ring (bicyclic) bond motifs is 3. The Hall–Kier alpha value is -4.23. The molecule has 46 heavy (non-hydrogen) atoms. The molecule has 2 N–H and O–H groups in total. The minimum Gasteiger partial charge on any atom is -0.375 e. The zero-order valence-corrected chi connectivity index (χ0v) is 25.5. The highest BCUT2D eigenvalue weighted by Crippen LogP contribution is 2.68. The summed E-state index contributed by atoms with van der Waals surface area (Å²) < 4.78 is 46.4. The molecule has 5 heterocycles. The van der Waals surface area contributed by atoms with Crippen LogP contribution in [-0.2, 0) is 18.6 Å². The van der Waals surface area contributed by atoms with E-state index in [9.17, 15) is 23.1 Å². The number of hydrogen-bond acceptors (Lipinski definition) is 8. The van der Waals surface area contributed by atoms with Crippen LogP contribution < -0.4 is 15.8 Å². The van der Waals surface area contributed by atoms with Gasteiger partial charge in [0.2, 0.25) is 11.5 Å².